The van der Waals surface area contributed by atoms with Crippen LogP contribution in [0.5, 0.6) is 0 Å². The predicted octanol–water partition coefficient (Wildman–Crippen LogP) is 15.8. The summed E-state index contributed by atoms with van der Waals surface area (Å²) in [6.45, 7) is 21.5. The highest BCUT2D eigenvalue weighted by atomic mass is 127. The number of esters is 2. The first-order valence-electron chi connectivity index (χ1n) is 28.4. The molecule has 16 nitrogen and oxygen atoms in total. The van der Waals surface area contributed by atoms with Gasteiger partial charge >= 0.3 is 24.1 Å². The second-order valence-electron chi connectivity index (χ2n) is 21.8. The van der Waals surface area contributed by atoms with Crippen LogP contribution in [0.4, 0.5) is 21.0 Å². The Bertz CT molecular complexity index is 3650. The summed E-state index contributed by atoms with van der Waals surface area (Å²) in [5.41, 5.74) is 9.90. The molecule has 17 heteroatoms. The molecule has 0 radical (unpaired) electrons. The maximum Gasteiger partial charge on any atom is 0.414 e. The van der Waals surface area contributed by atoms with Gasteiger partial charge in [0, 0.05) is 49.9 Å². The van der Waals surface area contributed by atoms with Crippen LogP contribution in [0, 0.1) is 3.57 Å². The molecule has 4 heterocycles. The highest BCUT2D eigenvalue weighted by Crippen LogP contribution is 2.37. The number of hydrogen-bond acceptors (Lipinski definition) is 14. The minimum absolute atomic E-state index is 0.187. The molecular formula is C68H73IN4O12. The van der Waals surface area contributed by atoms with Crippen molar-refractivity contribution in [2.45, 2.75) is 119 Å². The van der Waals surface area contributed by atoms with Gasteiger partial charge < -0.3 is 37.9 Å². The van der Waals surface area contributed by atoms with Gasteiger partial charge in [-0.15, -0.1) is 0 Å². The van der Waals surface area contributed by atoms with Gasteiger partial charge in [-0.2, -0.15) is 0 Å². The van der Waals surface area contributed by atoms with Crippen molar-refractivity contribution in [3.63, 3.8) is 0 Å². The minimum Gasteiger partial charge on any atom is -0.462 e. The van der Waals surface area contributed by atoms with Crippen LogP contribution in [0.1, 0.15) is 136 Å². The summed E-state index contributed by atoms with van der Waals surface area (Å²) < 4.78 is 46.5. The van der Waals surface area contributed by atoms with Gasteiger partial charge in [0.05, 0.1) is 61.8 Å². The Labute approximate surface area is 510 Å². The van der Waals surface area contributed by atoms with Crippen LogP contribution in [0.25, 0.3) is 32.9 Å². The summed E-state index contributed by atoms with van der Waals surface area (Å²) in [4.78, 5) is 62.5. The van der Waals surface area contributed by atoms with Crippen LogP contribution in [0.3, 0.4) is 0 Å². The SMILES string of the molecule is CCN(C(=O)OC(C)(C)C)c1cccc(COC2OCc3cc4ccccc4nc32)c1.CCOC(=O)c1ccccc1-c1cc(COC2OCc3cc4ccccc4nc32)cc(N(CC)C(=O)OC(C)(C)C)c1.CCOC(=O)c1ccccc1I. The predicted molar refractivity (Wildman–Crippen MR) is 336 cm³/mol. The number of pyridine rings is 2. The van der Waals surface area contributed by atoms with Gasteiger partial charge in [-0.25, -0.2) is 29.1 Å². The smallest absolute Gasteiger partial charge is 0.414 e. The Hall–Kier alpha value is -7.81. The van der Waals surface area contributed by atoms with E-state index in [1.54, 1.807) is 41.8 Å². The van der Waals surface area contributed by atoms with Crippen LogP contribution >= 0.6 is 22.6 Å². The Morgan fingerprint density at radius 2 is 1.00 bits per heavy atom. The zero-order valence-electron chi connectivity index (χ0n) is 49.8. The number of fused-ring (bicyclic) bond motifs is 4. The molecule has 0 bridgehead atoms. The van der Waals surface area contributed by atoms with Crippen LogP contribution in [0.2, 0.25) is 0 Å². The molecule has 2 aromatic heterocycles. The second kappa shape index (κ2) is 28.9. The second-order valence-corrected chi connectivity index (χ2v) is 23.0. The highest BCUT2D eigenvalue weighted by Gasteiger charge is 2.30. The first-order chi connectivity index (χ1) is 40.8. The number of ether oxygens (including phenoxy) is 8. The molecular weight excluding hydrogens is 1190 g/mol. The summed E-state index contributed by atoms with van der Waals surface area (Å²) >= 11 is 2.11. The van der Waals surface area contributed by atoms with E-state index in [0.717, 1.165) is 70.3 Å². The summed E-state index contributed by atoms with van der Waals surface area (Å²) in [6.07, 6.45) is -1.96. The molecule has 0 aliphatic carbocycles. The van der Waals surface area contributed by atoms with E-state index >= 15 is 0 Å². The number of rotatable bonds is 15. The lowest BCUT2D eigenvalue weighted by molar-refractivity contribution is -0.147. The summed E-state index contributed by atoms with van der Waals surface area (Å²) in [7, 11) is 0. The number of halogens is 1. The number of benzene rings is 6. The molecule has 2 atom stereocenters. The van der Waals surface area contributed by atoms with Gasteiger partial charge in [-0.3, -0.25) is 9.80 Å². The van der Waals surface area contributed by atoms with Crippen molar-refractivity contribution in [1.29, 1.82) is 0 Å². The molecule has 0 saturated carbocycles. The standard InChI is InChI=1S/C34H36N2O6.C25H28N2O4.C9H9IO2/c1-6-36(33(38)42-34(3,4)5)26-17-22(16-24(19-26)27-13-9-10-14-28(27)31(37)39-7-2)20-40-32-30-25(21-41-32)18-23-12-8-11-15-29(23)35-30;1-5-27(24(28)31-25(2,3)4)20-11-8-9-17(13-20)15-29-23-22-19(16-30-23)14-18-10-6-7-12-21(18)26-22;1-2-12-9(11)7-5-3-4-6-8(7)10/h8-19,32H,6-7,20-21H2,1-5H3;6-14,23H,5,15-16H2,1-4H3;3-6H,2H2,1H3. The zero-order valence-corrected chi connectivity index (χ0v) is 52.0. The van der Waals surface area contributed by atoms with E-state index in [1.807, 2.05) is 177 Å². The maximum atomic E-state index is 13.2. The number of hydrogen-bond donors (Lipinski definition) is 0. The first-order valence-corrected chi connectivity index (χ1v) is 29.5. The molecule has 0 fully saturated rings. The van der Waals surface area contributed by atoms with Crippen molar-refractivity contribution in [3.05, 3.63) is 200 Å². The van der Waals surface area contributed by atoms with Crippen molar-refractivity contribution < 1.29 is 57.1 Å². The molecule has 2 unspecified atom stereocenters. The van der Waals surface area contributed by atoms with Crippen molar-refractivity contribution in [3.8, 4) is 11.1 Å². The molecule has 0 spiro atoms. The summed E-state index contributed by atoms with van der Waals surface area (Å²) in [5, 5.41) is 2.15. The number of para-hydroxylation sites is 2. The molecule has 2 amide bonds. The van der Waals surface area contributed by atoms with Crippen molar-refractivity contribution in [2.24, 2.45) is 0 Å². The summed E-state index contributed by atoms with van der Waals surface area (Å²) in [6, 6.07) is 48.2. The fourth-order valence-corrected chi connectivity index (χ4v) is 9.99. The van der Waals surface area contributed by atoms with Gasteiger partial charge in [0.15, 0.2) is 0 Å². The van der Waals surface area contributed by atoms with E-state index < -0.39 is 35.8 Å². The number of carbonyl (C=O) groups is 4. The van der Waals surface area contributed by atoms with E-state index in [4.69, 9.17) is 47.9 Å². The lowest BCUT2D eigenvalue weighted by atomic mass is 9.97. The Kier molecular flexibility index (Phi) is 21.5. The molecule has 0 saturated heterocycles. The van der Waals surface area contributed by atoms with Crippen LogP contribution in [0.15, 0.2) is 152 Å². The third-order valence-electron chi connectivity index (χ3n) is 13.2. The molecule has 2 aliphatic rings. The normalized spacial score (nSPS) is 14.2. The average molecular weight is 1270 g/mol. The Balaban J connectivity index is 0.000000191. The average Bonchev–Trinajstić information content (AvgIpc) is 2.40. The van der Waals surface area contributed by atoms with Gasteiger partial charge in [-0.05, 0) is 187 Å². The lowest BCUT2D eigenvalue weighted by Crippen LogP contribution is -2.36. The van der Waals surface area contributed by atoms with Gasteiger partial charge in [-0.1, -0.05) is 78.9 Å². The number of nitrogens with zero attached hydrogens (tertiary/aromatic N) is 4. The molecule has 6 aromatic carbocycles. The molecule has 0 N–H and O–H groups in total. The van der Waals surface area contributed by atoms with Gasteiger partial charge in [0.25, 0.3) is 0 Å². The Morgan fingerprint density at radius 1 is 0.529 bits per heavy atom. The summed E-state index contributed by atoms with van der Waals surface area (Å²) in [5.74, 6) is -0.660. The fourth-order valence-electron chi connectivity index (χ4n) is 9.38. The molecule has 10 rings (SSSR count). The van der Waals surface area contributed by atoms with E-state index in [0.29, 0.717) is 61.9 Å². The monoisotopic (exact) mass is 1260 g/mol. The van der Waals surface area contributed by atoms with E-state index in [-0.39, 0.29) is 25.3 Å². The third kappa shape index (κ3) is 16.8. The first kappa shape index (κ1) is 63.2. The Morgan fingerprint density at radius 3 is 1.53 bits per heavy atom. The molecule has 8 aromatic rings. The fraction of sp³-hybridized carbons (Fsp3) is 0.324. The van der Waals surface area contributed by atoms with Gasteiger partial charge in [0.2, 0.25) is 12.6 Å². The van der Waals surface area contributed by atoms with Crippen LogP contribution in [-0.4, -0.2) is 71.6 Å². The molecule has 85 heavy (non-hydrogen) atoms. The topological polar surface area (TPSA) is 174 Å². The van der Waals surface area contributed by atoms with Crippen molar-refractivity contribution in [1.82, 2.24) is 9.97 Å². The molecule has 444 valence electrons. The lowest BCUT2D eigenvalue weighted by Gasteiger charge is -2.27. The van der Waals surface area contributed by atoms with Crippen molar-refractivity contribution in [2.75, 3.05) is 36.1 Å². The number of amides is 2. The van der Waals surface area contributed by atoms with Crippen LogP contribution < -0.4 is 9.80 Å². The largest absolute Gasteiger partial charge is 0.462 e. The third-order valence-corrected chi connectivity index (χ3v) is 14.1. The number of anilines is 2. The van der Waals surface area contributed by atoms with E-state index in [2.05, 4.69) is 34.7 Å². The van der Waals surface area contributed by atoms with Gasteiger partial charge in [0.1, 0.15) is 22.6 Å². The quantitative estimate of drug-likeness (QED) is 0.0538. The van der Waals surface area contributed by atoms with Crippen LogP contribution in [-0.2, 0) is 64.3 Å². The van der Waals surface area contributed by atoms with E-state index in [9.17, 15) is 19.2 Å². The number of carbonyl (C=O) groups excluding carboxylic acids is 4. The highest BCUT2D eigenvalue weighted by molar-refractivity contribution is 14.1. The molecule has 2 aliphatic heterocycles. The number of aromatic nitrogens is 2. The zero-order chi connectivity index (χ0) is 60.8. The van der Waals surface area contributed by atoms with Crippen molar-refractivity contribution >= 4 is 79.9 Å². The van der Waals surface area contributed by atoms with E-state index in [1.165, 1.54) is 0 Å². The maximum absolute atomic E-state index is 13.2. The minimum atomic E-state index is -0.658.